The predicted molar refractivity (Wildman–Crippen MR) is 74.2 cm³/mol. The highest BCUT2D eigenvalue weighted by Crippen LogP contribution is 2.15. The maximum atomic E-state index is 11.8. The average molecular weight is 265 g/mol. The molecule has 2 rings (SSSR count). The third kappa shape index (κ3) is 4.03. The third-order valence-corrected chi connectivity index (χ3v) is 3.45. The zero-order valence-electron chi connectivity index (χ0n) is 10.4. The second-order valence-electron chi connectivity index (χ2n) is 4.58. The lowest BCUT2D eigenvalue weighted by Crippen LogP contribution is -2.29. The molecule has 1 aliphatic heterocycles. The monoisotopic (exact) mass is 265 g/mol. The number of hydrogen-bond donors (Lipinski definition) is 2. The van der Waals surface area contributed by atoms with Crippen molar-refractivity contribution < 1.29 is 9.53 Å². The Hall–Kier alpha value is -1.00. The Labute approximate surface area is 113 Å². The zero-order valence-corrected chi connectivity index (χ0v) is 11.3. The molecule has 1 aromatic carbocycles. The van der Waals surface area contributed by atoms with Crippen LogP contribution in [0.15, 0.2) is 29.2 Å². The fraction of sp³-hybridized carbons (Fsp3) is 0.500. The Morgan fingerprint density at radius 1 is 1.33 bits per heavy atom. The smallest absolute Gasteiger partial charge is 0.251 e. The molecule has 1 aromatic rings. The minimum Gasteiger partial charge on any atom is -0.378 e. The number of carbonyl (C=O) groups excluding carboxylic acids is 1. The summed E-state index contributed by atoms with van der Waals surface area (Å²) in [6, 6.07) is 7.22. The van der Waals surface area contributed by atoms with Crippen molar-refractivity contribution in [3.8, 4) is 0 Å². The minimum absolute atomic E-state index is 0.0286. The summed E-state index contributed by atoms with van der Waals surface area (Å²) in [4.78, 5) is 12.7. The van der Waals surface area contributed by atoms with Crippen LogP contribution in [0.2, 0.25) is 0 Å². The molecule has 1 unspecified atom stereocenters. The highest BCUT2D eigenvalue weighted by molar-refractivity contribution is 7.80. The topological polar surface area (TPSA) is 38.3 Å². The van der Waals surface area contributed by atoms with Gasteiger partial charge in [0.1, 0.15) is 0 Å². The molecule has 1 N–H and O–H groups in total. The summed E-state index contributed by atoms with van der Waals surface area (Å²) >= 11 is 4.19. The van der Waals surface area contributed by atoms with Gasteiger partial charge in [-0.05, 0) is 49.9 Å². The van der Waals surface area contributed by atoms with Crippen molar-refractivity contribution in [1.29, 1.82) is 0 Å². The van der Waals surface area contributed by atoms with Gasteiger partial charge in [-0.15, -0.1) is 12.6 Å². The summed E-state index contributed by atoms with van der Waals surface area (Å²) in [6.07, 6.45) is 4.74. The molecule has 0 aliphatic carbocycles. The van der Waals surface area contributed by atoms with E-state index in [2.05, 4.69) is 17.9 Å². The second-order valence-corrected chi connectivity index (χ2v) is 5.10. The molecule has 98 valence electrons. The lowest BCUT2D eigenvalue weighted by molar-refractivity contribution is 0.0117. The summed E-state index contributed by atoms with van der Waals surface area (Å²) < 4.78 is 5.62. The van der Waals surface area contributed by atoms with Gasteiger partial charge in [0.05, 0.1) is 6.10 Å². The summed E-state index contributed by atoms with van der Waals surface area (Å²) in [5, 5.41) is 2.92. The molecule has 0 saturated carbocycles. The van der Waals surface area contributed by atoms with E-state index in [0.717, 1.165) is 24.3 Å². The van der Waals surface area contributed by atoms with E-state index in [1.165, 1.54) is 12.8 Å². The Morgan fingerprint density at radius 2 is 2.11 bits per heavy atom. The number of ether oxygens (including phenoxy) is 1. The van der Waals surface area contributed by atoms with Crippen LogP contribution in [0.4, 0.5) is 0 Å². The largest absolute Gasteiger partial charge is 0.378 e. The molecule has 3 nitrogen and oxygen atoms in total. The van der Waals surface area contributed by atoms with Gasteiger partial charge in [-0.1, -0.05) is 0 Å². The maximum Gasteiger partial charge on any atom is 0.251 e. The molecule has 1 aliphatic rings. The molecule has 1 saturated heterocycles. The molecule has 0 spiro atoms. The summed E-state index contributed by atoms with van der Waals surface area (Å²) in [5.74, 6) is -0.0286. The van der Waals surface area contributed by atoms with Crippen LogP contribution in [0, 0.1) is 0 Å². The predicted octanol–water partition coefficient (Wildman–Crippen LogP) is 2.66. The maximum absolute atomic E-state index is 11.8. The molecular weight excluding hydrogens is 246 g/mol. The van der Waals surface area contributed by atoms with E-state index >= 15 is 0 Å². The van der Waals surface area contributed by atoms with Crippen molar-refractivity contribution in [2.75, 3.05) is 13.2 Å². The Balaban J connectivity index is 1.72. The number of carbonyl (C=O) groups is 1. The van der Waals surface area contributed by atoms with E-state index in [0.29, 0.717) is 18.2 Å². The van der Waals surface area contributed by atoms with Crippen LogP contribution in [-0.2, 0) is 4.74 Å². The highest BCUT2D eigenvalue weighted by Gasteiger charge is 2.13. The molecule has 1 heterocycles. The van der Waals surface area contributed by atoms with Crippen molar-refractivity contribution in [1.82, 2.24) is 5.32 Å². The van der Waals surface area contributed by atoms with Gasteiger partial charge in [0.25, 0.3) is 5.91 Å². The molecule has 4 heteroatoms. The first-order valence-corrected chi connectivity index (χ1v) is 6.89. The van der Waals surface area contributed by atoms with E-state index in [-0.39, 0.29) is 5.91 Å². The standard InChI is InChI=1S/C14H19NO2S/c16-14(11-4-6-13(18)7-5-11)15-9-8-12-3-1-2-10-17-12/h4-7,12,18H,1-3,8-10H2,(H,15,16). The van der Waals surface area contributed by atoms with Crippen LogP contribution in [0.3, 0.4) is 0 Å². The van der Waals surface area contributed by atoms with Crippen molar-refractivity contribution >= 4 is 18.5 Å². The van der Waals surface area contributed by atoms with Crippen molar-refractivity contribution in [2.24, 2.45) is 0 Å². The summed E-state index contributed by atoms with van der Waals surface area (Å²) in [7, 11) is 0. The van der Waals surface area contributed by atoms with Crippen LogP contribution >= 0.6 is 12.6 Å². The molecule has 1 amide bonds. The minimum atomic E-state index is -0.0286. The van der Waals surface area contributed by atoms with Gasteiger partial charge < -0.3 is 10.1 Å². The normalized spacial score (nSPS) is 19.5. The van der Waals surface area contributed by atoms with Gasteiger partial charge in [-0.25, -0.2) is 0 Å². The van der Waals surface area contributed by atoms with Crippen molar-refractivity contribution in [2.45, 2.75) is 36.7 Å². The number of benzene rings is 1. The van der Waals surface area contributed by atoms with Crippen LogP contribution in [0.5, 0.6) is 0 Å². The van der Waals surface area contributed by atoms with Gasteiger partial charge in [0.2, 0.25) is 0 Å². The molecule has 0 aromatic heterocycles. The molecule has 0 bridgehead atoms. The lowest BCUT2D eigenvalue weighted by Gasteiger charge is -2.22. The summed E-state index contributed by atoms with van der Waals surface area (Å²) in [6.45, 7) is 1.54. The number of thiol groups is 1. The number of amides is 1. The van der Waals surface area contributed by atoms with E-state index < -0.39 is 0 Å². The molecule has 0 radical (unpaired) electrons. The van der Waals surface area contributed by atoms with Crippen LogP contribution in [0.1, 0.15) is 36.0 Å². The summed E-state index contributed by atoms with van der Waals surface area (Å²) in [5.41, 5.74) is 0.678. The van der Waals surface area contributed by atoms with Crippen molar-refractivity contribution in [3.05, 3.63) is 29.8 Å². The van der Waals surface area contributed by atoms with Gasteiger partial charge >= 0.3 is 0 Å². The number of rotatable bonds is 4. The van der Waals surface area contributed by atoms with Gasteiger partial charge in [0, 0.05) is 23.6 Å². The number of hydrogen-bond acceptors (Lipinski definition) is 3. The van der Waals surface area contributed by atoms with E-state index in [1.54, 1.807) is 12.1 Å². The van der Waals surface area contributed by atoms with Crippen LogP contribution in [0.25, 0.3) is 0 Å². The lowest BCUT2D eigenvalue weighted by atomic mass is 10.1. The van der Waals surface area contributed by atoms with Crippen molar-refractivity contribution in [3.63, 3.8) is 0 Å². The van der Waals surface area contributed by atoms with E-state index in [1.807, 2.05) is 12.1 Å². The first kappa shape index (κ1) is 13.4. The Kier molecular flexibility index (Phi) is 5.08. The fourth-order valence-corrected chi connectivity index (χ4v) is 2.25. The van der Waals surface area contributed by atoms with E-state index in [9.17, 15) is 4.79 Å². The highest BCUT2D eigenvalue weighted by atomic mass is 32.1. The van der Waals surface area contributed by atoms with Crippen LogP contribution < -0.4 is 5.32 Å². The third-order valence-electron chi connectivity index (χ3n) is 3.16. The second kappa shape index (κ2) is 6.81. The fourth-order valence-electron chi connectivity index (χ4n) is 2.10. The van der Waals surface area contributed by atoms with Gasteiger partial charge in [-0.3, -0.25) is 4.79 Å². The molecule has 18 heavy (non-hydrogen) atoms. The van der Waals surface area contributed by atoms with Gasteiger partial charge in [-0.2, -0.15) is 0 Å². The molecule has 1 fully saturated rings. The quantitative estimate of drug-likeness (QED) is 0.821. The molecular formula is C14H19NO2S. The van der Waals surface area contributed by atoms with Gasteiger partial charge in [0.15, 0.2) is 0 Å². The Morgan fingerprint density at radius 3 is 2.78 bits per heavy atom. The first-order chi connectivity index (χ1) is 8.75. The number of nitrogens with one attached hydrogen (secondary N) is 1. The Bertz CT molecular complexity index is 385. The zero-order chi connectivity index (χ0) is 12.8. The van der Waals surface area contributed by atoms with E-state index in [4.69, 9.17) is 4.74 Å². The SMILES string of the molecule is O=C(NCCC1CCCCO1)c1ccc(S)cc1. The van der Waals surface area contributed by atoms with Crippen LogP contribution in [-0.4, -0.2) is 25.2 Å². The molecule has 1 atom stereocenters. The average Bonchev–Trinajstić information content (AvgIpc) is 2.40. The first-order valence-electron chi connectivity index (χ1n) is 6.44.